The van der Waals surface area contributed by atoms with Crippen molar-refractivity contribution in [3.63, 3.8) is 0 Å². The summed E-state index contributed by atoms with van der Waals surface area (Å²) in [6.07, 6.45) is 3.77. The molecule has 110 valence electrons. The normalized spacial score (nSPS) is 34.5. The molecule has 20 heavy (non-hydrogen) atoms. The molecule has 3 atom stereocenters. The van der Waals surface area contributed by atoms with Crippen LogP contribution in [-0.2, 0) is 0 Å². The van der Waals surface area contributed by atoms with Gasteiger partial charge >= 0.3 is 0 Å². The van der Waals surface area contributed by atoms with E-state index in [4.69, 9.17) is 23.2 Å². The zero-order chi connectivity index (χ0) is 14.7. The molecule has 0 saturated heterocycles. The second kappa shape index (κ2) is 4.51. The first-order valence-electron chi connectivity index (χ1n) is 7.15. The van der Waals surface area contributed by atoms with Crippen molar-refractivity contribution in [2.75, 3.05) is 5.32 Å². The molecule has 1 aromatic carbocycles. The molecule has 2 fully saturated rings. The predicted molar refractivity (Wildman–Crippen MR) is 83.1 cm³/mol. The number of hydrogen-bond donors (Lipinski definition) is 1. The number of nitrogens with one attached hydrogen (secondary N) is 1. The van der Waals surface area contributed by atoms with Crippen LogP contribution in [0.15, 0.2) is 12.1 Å². The largest absolute Gasteiger partial charge is 0.379 e. The standard InChI is InChI=1S/C16H20Cl2FN/c1-15(2)9-4-5-16(3,8-9)14(15)20-13-11(17)6-10(19)7-12(13)18/h6-7,9,14,20H,4-5,8H2,1-3H3/t9-,14?,16+/m0/s1. The lowest BCUT2D eigenvalue weighted by molar-refractivity contribution is 0.155. The molecular formula is C16H20Cl2FN. The van der Waals surface area contributed by atoms with Crippen molar-refractivity contribution in [1.82, 2.24) is 0 Å². The van der Waals surface area contributed by atoms with Gasteiger partial charge in [0.05, 0.1) is 15.7 Å². The summed E-state index contributed by atoms with van der Waals surface area (Å²) < 4.78 is 13.3. The van der Waals surface area contributed by atoms with Crippen LogP contribution in [0.25, 0.3) is 0 Å². The highest BCUT2D eigenvalue weighted by atomic mass is 35.5. The van der Waals surface area contributed by atoms with Crippen LogP contribution in [0.1, 0.15) is 40.0 Å². The van der Waals surface area contributed by atoms with Crippen LogP contribution in [0, 0.1) is 22.6 Å². The fraction of sp³-hybridized carbons (Fsp3) is 0.625. The van der Waals surface area contributed by atoms with Crippen molar-refractivity contribution in [1.29, 1.82) is 0 Å². The zero-order valence-corrected chi connectivity index (χ0v) is 13.6. The first kappa shape index (κ1) is 14.5. The molecule has 1 N–H and O–H groups in total. The van der Waals surface area contributed by atoms with Crippen LogP contribution < -0.4 is 5.32 Å². The Kier molecular flexibility index (Phi) is 3.26. The van der Waals surface area contributed by atoms with Gasteiger partial charge in [-0.25, -0.2) is 4.39 Å². The molecule has 0 heterocycles. The number of halogens is 3. The summed E-state index contributed by atoms with van der Waals surface area (Å²) in [4.78, 5) is 0. The van der Waals surface area contributed by atoms with Crippen molar-refractivity contribution >= 4 is 28.9 Å². The minimum atomic E-state index is -0.399. The number of anilines is 1. The van der Waals surface area contributed by atoms with E-state index >= 15 is 0 Å². The third-order valence-electron chi connectivity index (χ3n) is 5.57. The van der Waals surface area contributed by atoms with Crippen molar-refractivity contribution in [2.24, 2.45) is 16.7 Å². The van der Waals surface area contributed by atoms with Gasteiger partial charge in [0.15, 0.2) is 0 Å². The van der Waals surface area contributed by atoms with Crippen LogP contribution in [0.5, 0.6) is 0 Å². The highest BCUT2D eigenvalue weighted by Gasteiger charge is 2.59. The third-order valence-corrected chi connectivity index (χ3v) is 6.16. The Morgan fingerprint density at radius 3 is 2.30 bits per heavy atom. The van der Waals surface area contributed by atoms with E-state index in [1.807, 2.05) is 0 Å². The molecule has 1 unspecified atom stereocenters. The highest BCUT2D eigenvalue weighted by Crippen LogP contribution is 2.63. The summed E-state index contributed by atoms with van der Waals surface area (Å²) >= 11 is 12.3. The Balaban J connectivity index is 1.96. The predicted octanol–water partition coefficient (Wildman–Crippen LogP) is 5.76. The number of benzene rings is 1. The summed E-state index contributed by atoms with van der Waals surface area (Å²) in [6.45, 7) is 6.96. The van der Waals surface area contributed by atoms with E-state index in [1.54, 1.807) is 0 Å². The second-order valence-electron chi connectivity index (χ2n) is 7.24. The van der Waals surface area contributed by atoms with Gasteiger partial charge in [-0.15, -0.1) is 0 Å². The monoisotopic (exact) mass is 315 g/mol. The molecule has 2 bridgehead atoms. The lowest BCUT2D eigenvalue weighted by Crippen LogP contribution is -2.45. The van der Waals surface area contributed by atoms with Crippen molar-refractivity contribution < 1.29 is 4.39 Å². The maximum absolute atomic E-state index is 13.3. The van der Waals surface area contributed by atoms with Gasteiger partial charge < -0.3 is 5.32 Å². The summed E-state index contributed by atoms with van der Waals surface area (Å²) in [6, 6.07) is 2.95. The quantitative estimate of drug-likeness (QED) is 0.731. The van der Waals surface area contributed by atoms with E-state index in [0.29, 0.717) is 21.8 Å². The molecule has 3 rings (SSSR count). The molecule has 0 aromatic heterocycles. The molecule has 0 radical (unpaired) electrons. The maximum atomic E-state index is 13.3. The van der Waals surface area contributed by atoms with E-state index < -0.39 is 5.82 Å². The minimum Gasteiger partial charge on any atom is -0.379 e. The van der Waals surface area contributed by atoms with E-state index in [1.165, 1.54) is 31.4 Å². The number of fused-ring (bicyclic) bond motifs is 2. The minimum absolute atomic E-state index is 0.202. The molecule has 1 nitrogen and oxygen atoms in total. The number of rotatable bonds is 2. The van der Waals surface area contributed by atoms with Gasteiger partial charge in [-0.1, -0.05) is 44.0 Å². The average Bonchev–Trinajstić information content (AvgIpc) is 2.77. The first-order valence-corrected chi connectivity index (χ1v) is 7.91. The summed E-state index contributed by atoms with van der Waals surface area (Å²) in [5.41, 5.74) is 1.14. The van der Waals surface area contributed by atoms with Gasteiger partial charge in [-0.2, -0.15) is 0 Å². The molecular weight excluding hydrogens is 296 g/mol. The van der Waals surface area contributed by atoms with Crippen molar-refractivity contribution in [2.45, 2.75) is 46.1 Å². The number of hydrogen-bond acceptors (Lipinski definition) is 1. The van der Waals surface area contributed by atoms with Gasteiger partial charge in [0, 0.05) is 6.04 Å². The molecule has 0 aliphatic heterocycles. The molecule has 0 amide bonds. The smallest absolute Gasteiger partial charge is 0.126 e. The maximum Gasteiger partial charge on any atom is 0.126 e. The Morgan fingerprint density at radius 1 is 1.20 bits per heavy atom. The van der Waals surface area contributed by atoms with Crippen LogP contribution in [0.3, 0.4) is 0 Å². The van der Waals surface area contributed by atoms with Crippen LogP contribution in [-0.4, -0.2) is 6.04 Å². The molecule has 2 aliphatic rings. The lowest BCUT2D eigenvalue weighted by Gasteiger charge is -2.44. The van der Waals surface area contributed by atoms with Crippen LogP contribution in [0.2, 0.25) is 10.0 Å². The van der Waals surface area contributed by atoms with Crippen molar-refractivity contribution in [3.8, 4) is 0 Å². The Bertz CT molecular complexity index is 530. The molecule has 2 saturated carbocycles. The van der Waals surface area contributed by atoms with E-state index in [0.717, 1.165) is 5.92 Å². The first-order chi connectivity index (χ1) is 9.24. The topological polar surface area (TPSA) is 12.0 Å². The molecule has 2 aliphatic carbocycles. The fourth-order valence-corrected chi connectivity index (χ4v) is 5.06. The third kappa shape index (κ3) is 2.03. The van der Waals surface area contributed by atoms with E-state index in [2.05, 4.69) is 26.1 Å². The van der Waals surface area contributed by atoms with E-state index in [9.17, 15) is 4.39 Å². The lowest BCUT2D eigenvalue weighted by atomic mass is 9.68. The van der Waals surface area contributed by atoms with Gasteiger partial charge in [-0.05, 0) is 48.1 Å². The Hall–Kier alpha value is -0.470. The summed E-state index contributed by atoms with van der Waals surface area (Å²) in [5.74, 6) is 0.340. The Morgan fingerprint density at radius 2 is 1.80 bits per heavy atom. The second-order valence-corrected chi connectivity index (χ2v) is 8.05. The Labute approximate surface area is 129 Å². The van der Waals surface area contributed by atoms with E-state index in [-0.39, 0.29) is 10.8 Å². The van der Waals surface area contributed by atoms with Crippen LogP contribution in [0.4, 0.5) is 10.1 Å². The van der Waals surface area contributed by atoms with Crippen molar-refractivity contribution in [3.05, 3.63) is 28.0 Å². The van der Waals surface area contributed by atoms with Gasteiger partial charge in [0.2, 0.25) is 0 Å². The SMILES string of the molecule is CC1(C)C(Nc2c(Cl)cc(F)cc2Cl)[C@]2(C)CC[C@H]1C2. The highest BCUT2D eigenvalue weighted by molar-refractivity contribution is 6.39. The van der Waals surface area contributed by atoms with Gasteiger partial charge in [0.25, 0.3) is 0 Å². The fourth-order valence-electron chi connectivity index (χ4n) is 4.49. The molecule has 1 aromatic rings. The van der Waals surface area contributed by atoms with Crippen LogP contribution >= 0.6 is 23.2 Å². The summed E-state index contributed by atoms with van der Waals surface area (Å²) in [5, 5.41) is 4.25. The van der Waals surface area contributed by atoms with Gasteiger partial charge in [0.1, 0.15) is 5.82 Å². The average molecular weight is 316 g/mol. The summed E-state index contributed by atoms with van der Waals surface area (Å²) in [7, 11) is 0. The van der Waals surface area contributed by atoms with Gasteiger partial charge in [-0.3, -0.25) is 0 Å². The molecule has 4 heteroatoms. The molecule has 0 spiro atoms. The zero-order valence-electron chi connectivity index (χ0n) is 12.1.